The van der Waals surface area contributed by atoms with Gasteiger partial charge in [0.25, 0.3) is 0 Å². The van der Waals surface area contributed by atoms with Gasteiger partial charge in [-0.3, -0.25) is 19.7 Å². The molecule has 186 valence electrons. The summed E-state index contributed by atoms with van der Waals surface area (Å²) in [5.41, 5.74) is -1.45. The molecule has 0 radical (unpaired) electrons. The van der Waals surface area contributed by atoms with Gasteiger partial charge in [0.1, 0.15) is 38.4 Å². The lowest BCUT2D eigenvalue weighted by molar-refractivity contribution is -0.171. The van der Waals surface area contributed by atoms with Crippen LogP contribution in [0.5, 0.6) is 0 Å². The molecule has 1 aromatic carbocycles. The minimum atomic E-state index is -1.51. The molecule has 0 spiro atoms. The van der Waals surface area contributed by atoms with E-state index in [1.54, 1.807) is 25.1 Å². The summed E-state index contributed by atoms with van der Waals surface area (Å²) in [6.07, 6.45) is -1.67. The SMILES string of the molecule is CC(=O)Nc1cccc(NC(=O)OCC(C)(COC(C)=O)C(=O)OCC2(C)COC(=O)OC2)c1. The number of amides is 2. The highest BCUT2D eigenvalue weighted by molar-refractivity contribution is 5.91. The van der Waals surface area contributed by atoms with Gasteiger partial charge in [0.15, 0.2) is 0 Å². The first-order valence-electron chi connectivity index (χ1n) is 10.3. The van der Waals surface area contributed by atoms with E-state index in [0.29, 0.717) is 11.4 Å². The predicted octanol–water partition coefficient (Wildman–Crippen LogP) is 2.48. The van der Waals surface area contributed by atoms with Crippen LogP contribution in [0.2, 0.25) is 0 Å². The summed E-state index contributed by atoms with van der Waals surface area (Å²) in [7, 11) is 0. The van der Waals surface area contributed by atoms with E-state index in [-0.39, 0.29) is 25.7 Å². The molecule has 34 heavy (non-hydrogen) atoms. The van der Waals surface area contributed by atoms with E-state index in [2.05, 4.69) is 10.6 Å². The number of cyclic esters (lactones) is 2. The van der Waals surface area contributed by atoms with Crippen LogP contribution in [-0.2, 0) is 38.1 Å². The van der Waals surface area contributed by atoms with Crippen LogP contribution in [0.15, 0.2) is 24.3 Å². The van der Waals surface area contributed by atoms with Gasteiger partial charge in [-0.25, -0.2) is 9.59 Å². The molecule has 1 aliphatic heterocycles. The highest BCUT2D eigenvalue weighted by Crippen LogP contribution is 2.26. The molecule has 0 saturated carbocycles. The Kier molecular flexibility index (Phi) is 8.82. The molecule has 12 heteroatoms. The zero-order chi connectivity index (χ0) is 25.4. The van der Waals surface area contributed by atoms with Gasteiger partial charge in [0, 0.05) is 25.2 Å². The predicted molar refractivity (Wildman–Crippen MR) is 117 cm³/mol. The fourth-order valence-electron chi connectivity index (χ4n) is 2.72. The lowest BCUT2D eigenvalue weighted by atomic mass is 9.91. The quantitative estimate of drug-likeness (QED) is 0.398. The lowest BCUT2D eigenvalue weighted by Crippen LogP contribution is -2.45. The summed E-state index contributed by atoms with van der Waals surface area (Å²) in [6.45, 7) is 4.65. The van der Waals surface area contributed by atoms with Crippen LogP contribution in [0.3, 0.4) is 0 Å². The van der Waals surface area contributed by atoms with Crippen LogP contribution in [0.1, 0.15) is 27.7 Å². The second kappa shape index (κ2) is 11.3. The van der Waals surface area contributed by atoms with Crippen LogP contribution < -0.4 is 10.6 Å². The Balaban J connectivity index is 1.98. The zero-order valence-corrected chi connectivity index (χ0v) is 19.4. The van der Waals surface area contributed by atoms with Gasteiger partial charge in [0.2, 0.25) is 5.91 Å². The molecule has 2 N–H and O–H groups in total. The van der Waals surface area contributed by atoms with Crippen molar-refractivity contribution in [1.29, 1.82) is 0 Å². The number of carbonyl (C=O) groups is 5. The van der Waals surface area contributed by atoms with Crippen LogP contribution >= 0.6 is 0 Å². The molecule has 2 rings (SSSR count). The standard InChI is InChI=1S/C22H28N2O10/c1-14(25)23-16-6-5-7-17(8-16)24-19(28)32-13-22(4,12-30-15(2)26)18(27)31-9-21(3)10-33-20(29)34-11-21/h5-8H,9-13H2,1-4H3,(H,23,25)(H,24,28). The number of anilines is 2. The van der Waals surface area contributed by atoms with Crippen LogP contribution in [0.4, 0.5) is 21.0 Å². The third kappa shape index (κ3) is 8.26. The summed E-state index contributed by atoms with van der Waals surface area (Å²) < 4.78 is 25.2. The van der Waals surface area contributed by atoms with E-state index < -0.39 is 48.2 Å². The smallest absolute Gasteiger partial charge is 0.465 e. The van der Waals surface area contributed by atoms with Crippen LogP contribution in [0.25, 0.3) is 0 Å². The number of hydrogen-bond acceptors (Lipinski definition) is 10. The number of carbonyl (C=O) groups excluding carboxylic acids is 5. The molecule has 0 aromatic heterocycles. The molecule has 12 nitrogen and oxygen atoms in total. The maximum absolute atomic E-state index is 12.8. The third-order valence-corrected chi connectivity index (χ3v) is 4.67. The van der Waals surface area contributed by atoms with Gasteiger partial charge in [0.05, 0.1) is 5.41 Å². The molecular formula is C22H28N2O10. The molecule has 1 unspecified atom stereocenters. The molecule has 0 bridgehead atoms. The van der Waals surface area contributed by atoms with E-state index in [9.17, 15) is 24.0 Å². The molecule has 1 atom stereocenters. The molecular weight excluding hydrogens is 452 g/mol. The number of rotatable bonds is 9. The Morgan fingerprint density at radius 3 is 2.18 bits per heavy atom. The Morgan fingerprint density at radius 2 is 1.59 bits per heavy atom. The molecule has 1 saturated heterocycles. The summed E-state index contributed by atoms with van der Waals surface area (Å²) in [6, 6.07) is 6.37. The van der Waals surface area contributed by atoms with Crippen molar-refractivity contribution in [3.8, 4) is 0 Å². The normalized spacial score (nSPS) is 16.1. The Hall–Kier alpha value is -3.83. The van der Waals surface area contributed by atoms with Gasteiger partial charge >= 0.3 is 24.2 Å². The van der Waals surface area contributed by atoms with Crippen LogP contribution in [-0.4, -0.2) is 63.1 Å². The average molecular weight is 480 g/mol. The zero-order valence-electron chi connectivity index (χ0n) is 19.4. The molecule has 2 amide bonds. The number of ether oxygens (including phenoxy) is 5. The van der Waals surface area contributed by atoms with E-state index >= 15 is 0 Å². The third-order valence-electron chi connectivity index (χ3n) is 4.67. The average Bonchev–Trinajstić information content (AvgIpc) is 2.77. The van der Waals surface area contributed by atoms with E-state index in [0.717, 1.165) is 0 Å². The summed E-state index contributed by atoms with van der Waals surface area (Å²) in [5.74, 6) is -1.68. The fourth-order valence-corrected chi connectivity index (χ4v) is 2.72. The Labute approximate surface area is 196 Å². The number of nitrogens with one attached hydrogen (secondary N) is 2. The molecule has 1 heterocycles. The highest BCUT2D eigenvalue weighted by Gasteiger charge is 2.41. The van der Waals surface area contributed by atoms with Crippen molar-refractivity contribution in [3.63, 3.8) is 0 Å². The van der Waals surface area contributed by atoms with Crippen molar-refractivity contribution in [1.82, 2.24) is 0 Å². The summed E-state index contributed by atoms with van der Waals surface area (Å²) in [5, 5.41) is 5.07. The topological polar surface area (TPSA) is 156 Å². The van der Waals surface area contributed by atoms with Gasteiger partial charge in [-0.2, -0.15) is 0 Å². The van der Waals surface area contributed by atoms with Crippen molar-refractivity contribution in [2.45, 2.75) is 27.7 Å². The maximum Gasteiger partial charge on any atom is 0.508 e. The lowest BCUT2D eigenvalue weighted by Gasteiger charge is -2.33. The van der Waals surface area contributed by atoms with Gasteiger partial charge in [-0.15, -0.1) is 0 Å². The van der Waals surface area contributed by atoms with Gasteiger partial charge < -0.3 is 29.0 Å². The van der Waals surface area contributed by atoms with E-state index in [4.69, 9.17) is 23.7 Å². The summed E-state index contributed by atoms with van der Waals surface area (Å²) in [4.78, 5) is 58.7. The first-order chi connectivity index (χ1) is 15.9. The number of esters is 2. The van der Waals surface area contributed by atoms with Crippen molar-refractivity contribution < 1.29 is 47.7 Å². The van der Waals surface area contributed by atoms with Crippen molar-refractivity contribution in [3.05, 3.63) is 24.3 Å². The number of hydrogen-bond donors (Lipinski definition) is 2. The maximum atomic E-state index is 12.8. The summed E-state index contributed by atoms with van der Waals surface area (Å²) >= 11 is 0. The number of benzene rings is 1. The van der Waals surface area contributed by atoms with E-state index in [1.807, 2.05) is 0 Å². The first kappa shape index (κ1) is 26.4. The van der Waals surface area contributed by atoms with Crippen LogP contribution in [0, 0.1) is 10.8 Å². The second-order valence-corrected chi connectivity index (χ2v) is 8.52. The first-order valence-corrected chi connectivity index (χ1v) is 10.3. The monoisotopic (exact) mass is 480 g/mol. The molecule has 0 aliphatic carbocycles. The minimum Gasteiger partial charge on any atom is -0.465 e. The van der Waals surface area contributed by atoms with Crippen molar-refractivity contribution in [2.24, 2.45) is 10.8 Å². The fraction of sp³-hybridized carbons (Fsp3) is 0.500. The second-order valence-electron chi connectivity index (χ2n) is 8.52. The molecule has 1 aromatic rings. The highest BCUT2D eigenvalue weighted by atomic mass is 16.7. The minimum absolute atomic E-state index is 0.00374. The van der Waals surface area contributed by atoms with Gasteiger partial charge in [-0.1, -0.05) is 6.07 Å². The Morgan fingerprint density at radius 1 is 1.00 bits per heavy atom. The molecule has 1 fully saturated rings. The van der Waals surface area contributed by atoms with Crippen molar-refractivity contribution in [2.75, 3.05) is 43.7 Å². The van der Waals surface area contributed by atoms with Gasteiger partial charge in [-0.05, 0) is 32.0 Å². The Bertz CT molecular complexity index is 937. The largest absolute Gasteiger partial charge is 0.508 e. The van der Waals surface area contributed by atoms with Crippen molar-refractivity contribution >= 4 is 41.5 Å². The van der Waals surface area contributed by atoms with E-state index in [1.165, 1.54) is 26.8 Å². The molecule has 1 aliphatic rings.